The van der Waals surface area contributed by atoms with Gasteiger partial charge in [-0.05, 0) is 18.4 Å². The molecule has 4 unspecified atom stereocenters. The fraction of sp³-hybridized carbons (Fsp3) is 0.500. The van der Waals surface area contributed by atoms with Crippen molar-refractivity contribution in [3.63, 3.8) is 0 Å². The van der Waals surface area contributed by atoms with E-state index in [9.17, 15) is 24.3 Å². The van der Waals surface area contributed by atoms with E-state index in [1.54, 1.807) is 24.3 Å². The molecule has 170 valence electrons. The summed E-state index contributed by atoms with van der Waals surface area (Å²) in [6.45, 7) is -0.286. The molecule has 1 aliphatic rings. The fourth-order valence-corrected chi connectivity index (χ4v) is 3.62. The van der Waals surface area contributed by atoms with Crippen molar-refractivity contribution in [1.82, 2.24) is 15.5 Å². The van der Waals surface area contributed by atoms with Gasteiger partial charge in [0.05, 0.1) is 6.61 Å². The average Bonchev–Trinajstić information content (AvgIpc) is 3.26. The van der Waals surface area contributed by atoms with E-state index < -0.39 is 54.5 Å². The number of aliphatic hydroxyl groups is 1. The molecule has 0 aliphatic carbocycles. The molecule has 1 heterocycles. The number of carbonyl (C=O) groups is 4. The van der Waals surface area contributed by atoms with Gasteiger partial charge in [-0.15, -0.1) is 0 Å². The molecular formula is C20H28N4O6S. The third kappa shape index (κ3) is 6.68. The van der Waals surface area contributed by atoms with Crippen molar-refractivity contribution < 1.29 is 29.4 Å². The Morgan fingerprint density at radius 3 is 2.42 bits per heavy atom. The Morgan fingerprint density at radius 2 is 1.84 bits per heavy atom. The van der Waals surface area contributed by atoms with Gasteiger partial charge in [0.2, 0.25) is 17.7 Å². The van der Waals surface area contributed by atoms with Crippen molar-refractivity contribution in [1.29, 1.82) is 0 Å². The molecule has 11 heteroatoms. The highest BCUT2D eigenvalue weighted by molar-refractivity contribution is 7.80. The van der Waals surface area contributed by atoms with E-state index in [1.807, 2.05) is 6.07 Å². The van der Waals surface area contributed by atoms with Gasteiger partial charge in [-0.25, -0.2) is 4.79 Å². The average molecular weight is 453 g/mol. The SMILES string of the molecule is NC(CO)C(=O)NC(CS)C(=O)N1CCCC1C(=O)NC(Cc1ccccc1)C(=O)O. The number of nitrogens with zero attached hydrogens (tertiary/aromatic N) is 1. The monoisotopic (exact) mass is 452 g/mol. The van der Waals surface area contributed by atoms with E-state index in [0.29, 0.717) is 19.4 Å². The van der Waals surface area contributed by atoms with Crippen molar-refractivity contribution in [3.8, 4) is 0 Å². The van der Waals surface area contributed by atoms with E-state index in [4.69, 9.17) is 10.8 Å². The number of benzene rings is 1. The number of aliphatic hydroxyl groups excluding tert-OH is 1. The minimum absolute atomic E-state index is 0.0285. The van der Waals surface area contributed by atoms with Crippen molar-refractivity contribution >= 4 is 36.3 Å². The number of thiol groups is 1. The molecule has 1 saturated heterocycles. The highest BCUT2D eigenvalue weighted by atomic mass is 32.1. The van der Waals surface area contributed by atoms with Crippen LogP contribution in [0.4, 0.5) is 0 Å². The number of carbonyl (C=O) groups excluding carboxylic acids is 3. The molecule has 0 radical (unpaired) electrons. The Labute approximate surface area is 185 Å². The van der Waals surface area contributed by atoms with E-state index in [1.165, 1.54) is 4.90 Å². The first-order chi connectivity index (χ1) is 14.8. The summed E-state index contributed by atoms with van der Waals surface area (Å²) in [5, 5.41) is 23.5. The summed E-state index contributed by atoms with van der Waals surface area (Å²) in [6, 6.07) is 4.71. The predicted octanol–water partition coefficient (Wildman–Crippen LogP) is -1.48. The second-order valence-corrected chi connectivity index (χ2v) is 7.68. The number of hydrogen-bond donors (Lipinski definition) is 6. The summed E-state index contributed by atoms with van der Waals surface area (Å²) >= 11 is 4.10. The topological polar surface area (TPSA) is 162 Å². The summed E-state index contributed by atoms with van der Waals surface area (Å²) in [4.78, 5) is 50.6. The predicted molar refractivity (Wildman–Crippen MR) is 115 cm³/mol. The molecular weight excluding hydrogens is 424 g/mol. The van der Waals surface area contributed by atoms with Crippen LogP contribution in [0.15, 0.2) is 30.3 Å². The number of nitrogens with two attached hydrogens (primary N) is 1. The summed E-state index contributed by atoms with van der Waals surface area (Å²) in [5.74, 6) is -2.98. The van der Waals surface area contributed by atoms with Crippen LogP contribution in [0.1, 0.15) is 18.4 Å². The fourth-order valence-electron chi connectivity index (χ4n) is 3.37. The Morgan fingerprint density at radius 1 is 1.16 bits per heavy atom. The van der Waals surface area contributed by atoms with E-state index >= 15 is 0 Å². The molecule has 2 rings (SSSR count). The number of likely N-dealkylation sites (tertiary alicyclic amines) is 1. The maximum atomic E-state index is 12.9. The van der Waals surface area contributed by atoms with Gasteiger partial charge < -0.3 is 31.5 Å². The smallest absolute Gasteiger partial charge is 0.326 e. The van der Waals surface area contributed by atoms with Crippen molar-refractivity contribution in [3.05, 3.63) is 35.9 Å². The molecule has 10 nitrogen and oxygen atoms in total. The lowest BCUT2D eigenvalue weighted by Crippen LogP contribution is -2.57. The molecule has 3 amide bonds. The first-order valence-electron chi connectivity index (χ1n) is 9.93. The van der Waals surface area contributed by atoms with Gasteiger partial charge in [-0.2, -0.15) is 12.6 Å². The van der Waals surface area contributed by atoms with Gasteiger partial charge >= 0.3 is 5.97 Å². The number of nitrogens with one attached hydrogen (secondary N) is 2. The molecule has 31 heavy (non-hydrogen) atoms. The lowest BCUT2D eigenvalue weighted by Gasteiger charge is -2.29. The molecule has 0 spiro atoms. The normalized spacial score (nSPS) is 18.7. The van der Waals surface area contributed by atoms with Crippen LogP contribution >= 0.6 is 12.6 Å². The Kier molecular flexibility index (Phi) is 9.28. The van der Waals surface area contributed by atoms with Gasteiger partial charge in [0.25, 0.3) is 0 Å². The maximum Gasteiger partial charge on any atom is 0.326 e. The zero-order valence-corrected chi connectivity index (χ0v) is 17.8. The first kappa shape index (κ1) is 24.6. The number of carboxylic acids is 1. The number of aliphatic carboxylic acids is 1. The molecule has 1 aromatic rings. The summed E-state index contributed by atoms with van der Waals surface area (Å²) in [7, 11) is 0. The molecule has 1 aromatic carbocycles. The zero-order valence-electron chi connectivity index (χ0n) is 16.9. The molecule has 1 fully saturated rings. The van der Waals surface area contributed by atoms with Crippen LogP contribution in [0.5, 0.6) is 0 Å². The lowest BCUT2D eigenvalue weighted by molar-refractivity contribution is -0.144. The zero-order chi connectivity index (χ0) is 23.0. The van der Waals surface area contributed by atoms with Crippen LogP contribution in [-0.4, -0.2) is 81.9 Å². The van der Waals surface area contributed by atoms with E-state index in [2.05, 4.69) is 23.3 Å². The van der Waals surface area contributed by atoms with Crippen molar-refractivity contribution in [2.24, 2.45) is 5.73 Å². The van der Waals surface area contributed by atoms with Crippen LogP contribution in [0.2, 0.25) is 0 Å². The number of rotatable bonds is 10. The molecule has 0 saturated carbocycles. The van der Waals surface area contributed by atoms with Crippen LogP contribution in [0.3, 0.4) is 0 Å². The lowest BCUT2D eigenvalue weighted by atomic mass is 10.1. The maximum absolute atomic E-state index is 12.9. The van der Waals surface area contributed by atoms with Crippen LogP contribution in [-0.2, 0) is 25.6 Å². The van der Waals surface area contributed by atoms with Crippen molar-refractivity contribution in [2.75, 3.05) is 18.9 Å². The molecule has 0 aromatic heterocycles. The van der Waals surface area contributed by atoms with Gasteiger partial charge in [0.1, 0.15) is 24.2 Å². The highest BCUT2D eigenvalue weighted by Crippen LogP contribution is 2.19. The van der Waals surface area contributed by atoms with Crippen LogP contribution in [0.25, 0.3) is 0 Å². The number of amides is 3. The second kappa shape index (κ2) is 11.7. The molecule has 1 aliphatic heterocycles. The van der Waals surface area contributed by atoms with Crippen LogP contribution < -0.4 is 16.4 Å². The van der Waals surface area contributed by atoms with Gasteiger partial charge in [-0.3, -0.25) is 14.4 Å². The highest BCUT2D eigenvalue weighted by Gasteiger charge is 2.38. The first-order valence-corrected chi connectivity index (χ1v) is 10.6. The number of hydrogen-bond acceptors (Lipinski definition) is 7. The molecule has 4 atom stereocenters. The summed E-state index contributed by atoms with van der Waals surface area (Å²) in [5.41, 5.74) is 6.22. The van der Waals surface area contributed by atoms with Crippen molar-refractivity contribution in [2.45, 2.75) is 43.4 Å². The van der Waals surface area contributed by atoms with Gasteiger partial charge in [-0.1, -0.05) is 30.3 Å². The Bertz CT molecular complexity index is 793. The largest absolute Gasteiger partial charge is 0.480 e. The third-order valence-electron chi connectivity index (χ3n) is 5.07. The molecule has 6 N–H and O–H groups in total. The summed E-state index contributed by atoms with van der Waals surface area (Å²) in [6.07, 6.45) is 1.04. The molecule has 0 bridgehead atoms. The number of carboxylic acid groups (broad SMARTS) is 1. The Hall–Kier alpha value is -2.63. The van der Waals surface area contributed by atoms with Gasteiger partial charge in [0.15, 0.2) is 0 Å². The quantitative estimate of drug-likeness (QED) is 0.236. The van der Waals surface area contributed by atoms with Gasteiger partial charge in [0, 0.05) is 18.7 Å². The standard InChI is InChI=1S/C20H28N4O6S/c21-13(10-25)17(26)23-15(11-31)19(28)24-8-4-7-16(24)18(27)22-14(20(29)30)9-12-5-2-1-3-6-12/h1-3,5-6,13-16,25,31H,4,7-11,21H2,(H,22,27)(H,23,26)(H,29,30). The minimum atomic E-state index is -1.18. The minimum Gasteiger partial charge on any atom is -0.480 e. The summed E-state index contributed by atoms with van der Waals surface area (Å²) < 4.78 is 0. The van der Waals surface area contributed by atoms with E-state index in [0.717, 1.165) is 5.56 Å². The van der Waals surface area contributed by atoms with E-state index in [-0.39, 0.29) is 12.2 Å². The Balaban J connectivity index is 2.06. The third-order valence-corrected chi connectivity index (χ3v) is 5.43. The second-order valence-electron chi connectivity index (χ2n) is 7.31. The van der Waals surface area contributed by atoms with Crippen LogP contribution in [0, 0.1) is 0 Å².